The van der Waals surface area contributed by atoms with Crippen molar-refractivity contribution in [1.82, 2.24) is 14.9 Å². The van der Waals surface area contributed by atoms with Crippen LogP contribution in [0, 0.1) is 10.1 Å². The molecule has 0 aliphatic carbocycles. The van der Waals surface area contributed by atoms with E-state index in [1.807, 2.05) is 17.8 Å². The molecule has 0 unspecified atom stereocenters. The molecule has 7 heteroatoms. The largest absolute Gasteiger partial charge is 0.332 e. The summed E-state index contributed by atoms with van der Waals surface area (Å²) in [7, 11) is 1.85. The van der Waals surface area contributed by atoms with E-state index in [1.165, 1.54) is 6.07 Å². The van der Waals surface area contributed by atoms with Gasteiger partial charge in [0.25, 0.3) is 5.69 Å². The van der Waals surface area contributed by atoms with Crippen LogP contribution >= 0.6 is 15.9 Å². The summed E-state index contributed by atoms with van der Waals surface area (Å²) in [6.07, 6.45) is 3.56. The van der Waals surface area contributed by atoms with Gasteiger partial charge in [0, 0.05) is 28.8 Å². The van der Waals surface area contributed by atoms with Crippen molar-refractivity contribution in [3.05, 3.63) is 56.6 Å². The van der Waals surface area contributed by atoms with Crippen molar-refractivity contribution < 1.29 is 4.92 Å². The quantitative estimate of drug-likeness (QED) is 0.676. The predicted octanol–water partition coefficient (Wildman–Crippen LogP) is 2.32. The lowest BCUT2D eigenvalue weighted by molar-refractivity contribution is -0.385. The zero-order valence-electron chi connectivity index (χ0n) is 10.3. The Morgan fingerprint density at radius 1 is 1.53 bits per heavy atom. The summed E-state index contributed by atoms with van der Waals surface area (Å²) in [5.74, 6) is 0. The van der Waals surface area contributed by atoms with Crippen LogP contribution < -0.4 is 5.32 Å². The number of aromatic nitrogens is 2. The molecule has 0 saturated heterocycles. The van der Waals surface area contributed by atoms with Crippen LogP contribution in [-0.4, -0.2) is 21.5 Å². The van der Waals surface area contributed by atoms with Gasteiger partial charge in [-0.3, -0.25) is 10.1 Å². The standard InChI is InChI=1S/C12H13BrN4O2/c1-14-5-11-7-16(8-15-11)6-9-2-3-10(13)4-12(9)17(18)19/h2-4,7-8,14H,5-6H2,1H3. The van der Waals surface area contributed by atoms with Crippen molar-refractivity contribution in [3.8, 4) is 0 Å². The Labute approximate surface area is 118 Å². The summed E-state index contributed by atoms with van der Waals surface area (Å²) in [6.45, 7) is 1.11. The Morgan fingerprint density at radius 2 is 2.32 bits per heavy atom. The molecule has 0 spiro atoms. The lowest BCUT2D eigenvalue weighted by Crippen LogP contribution is -2.05. The highest BCUT2D eigenvalue weighted by Gasteiger charge is 2.14. The zero-order valence-corrected chi connectivity index (χ0v) is 11.9. The monoisotopic (exact) mass is 324 g/mol. The van der Waals surface area contributed by atoms with Crippen molar-refractivity contribution in [2.24, 2.45) is 0 Å². The maximum Gasteiger partial charge on any atom is 0.275 e. The van der Waals surface area contributed by atoms with Gasteiger partial charge in [-0.25, -0.2) is 4.98 Å². The number of benzene rings is 1. The molecular weight excluding hydrogens is 312 g/mol. The maximum atomic E-state index is 11.0. The third-order valence-electron chi connectivity index (χ3n) is 2.64. The second-order valence-corrected chi connectivity index (χ2v) is 5.01. The molecule has 6 nitrogen and oxygen atoms in total. The zero-order chi connectivity index (χ0) is 13.8. The molecule has 100 valence electrons. The summed E-state index contributed by atoms with van der Waals surface area (Å²) in [4.78, 5) is 14.9. The van der Waals surface area contributed by atoms with Crippen LogP contribution in [0.15, 0.2) is 35.2 Å². The fourth-order valence-electron chi connectivity index (χ4n) is 1.80. The van der Waals surface area contributed by atoms with Gasteiger partial charge in [0.2, 0.25) is 0 Å². The molecule has 1 aromatic carbocycles. The van der Waals surface area contributed by atoms with Crippen LogP contribution in [-0.2, 0) is 13.1 Å². The highest BCUT2D eigenvalue weighted by molar-refractivity contribution is 9.10. The molecule has 0 saturated carbocycles. The minimum Gasteiger partial charge on any atom is -0.332 e. The fraction of sp³-hybridized carbons (Fsp3) is 0.250. The van der Waals surface area contributed by atoms with E-state index in [0.29, 0.717) is 23.1 Å². The molecule has 1 N–H and O–H groups in total. The second kappa shape index (κ2) is 5.94. The van der Waals surface area contributed by atoms with E-state index in [1.54, 1.807) is 18.5 Å². The predicted molar refractivity (Wildman–Crippen MR) is 74.9 cm³/mol. The highest BCUT2D eigenvalue weighted by atomic mass is 79.9. The van der Waals surface area contributed by atoms with E-state index in [2.05, 4.69) is 26.2 Å². The van der Waals surface area contributed by atoms with Crippen molar-refractivity contribution in [3.63, 3.8) is 0 Å². The topological polar surface area (TPSA) is 73.0 Å². The van der Waals surface area contributed by atoms with Crippen LogP contribution in [0.25, 0.3) is 0 Å². The third-order valence-corrected chi connectivity index (χ3v) is 3.13. The van der Waals surface area contributed by atoms with Gasteiger partial charge < -0.3 is 9.88 Å². The molecule has 1 aromatic heterocycles. The van der Waals surface area contributed by atoms with E-state index < -0.39 is 0 Å². The normalized spacial score (nSPS) is 10.6. The molecule has 19 heavy (non-hydrogen) atoms. The van der Waals surface area contributed by atoms with Crippen LogP contribution in [0.3, 0.4) is 0 Å². The summed E-state index contributed by atoms with van der Waals surface area (Å²) >= 11 is 3.24. The van der Waals surface area contributed by atoms with Gasteiger partial charge in [0.1, 0.15) is 0 Å². The Morgan fingerprint density at radius 3 is 3.00 bits per heavy atom. The molecule has 0 amide bonds. The fourth-order valence-corrected chi connectivity index (χ4v) is 2.15. The van der Waals surface area contributed by atoms with Crippen molar-refractivity contribution in [1.29, 1.82) is 0 Å². The number of nitro benzene ring substituents is 1. The lowest BCUT2D eigenvalue weighted by Gasteiger charge is -2.04. The van der Waals surface area contributed by atoms with E-state index >= 15 is 0 Å². The average Bonchev–Trinajstić information content (AvgIpc) is 2.79. The lowest BCUT2D eigenvalue weighted by atomic mass is 10.2. The van der Waals surface area contributed by atoms with Crippen molar-refractivity contribution >= 4 is 21.6 Å². The number of hydrogen-bond donors (Lipinski definition) is 1. The number of nitrogens with zero attached hydrogens (tertiary/aromatic N) is 3. The van der Waals surface area contributed by atoms with Gasteiger partial charge in [0.05, 0.1) is 23.5 Å². The number of rotatable bonds is 5. The molecule has 0 atom stereocenters. The van der Waals surface area contributed by atoms with E-state index in [9.17, 15) is 10.1 Å². The Balaban J connectivity index is 2.24. The van der Waals surface area contributed by atoms with Gasteiger partial charge in [-0.2, -0.15) is 0 Å². The van der Waals surface area contributed by atoms with Gasteiger partial charge >= 0.3 is 0 Å². The molecular formula is C12H13BrN4O2. The summed E-state index contributed by atoms with van der Waals surface area (Å²) < 4.78 is 2.53. The first-order valence-electron chi connectivity index (χ1n) is 5.68. The van der Waals surface area contributed by atoms with E-state index in [0.717, 1.165) is 5.69 Å². The van der Waals surface area contributed by atoms with E-state index in [4.69, 9.17) is 0 Å². The van der Waals surface area contributed by atoms with Crippen LogP contribution in [0.4, 0.5) is 5.69 Å². The molecule has 0 radical (unpaired) electrons. The molecule has 1 heterocycles. The second-order valence-electron chi connectivity index (χ2n) is 4.10. The van der Waals surface area contributed by atoms with Gasteiger partial charge in [0.15, 0.2) is 0 Å². The van der Waals surface area contributed by atoms with Gasteiger partial charge in [-0.05, 0) is 19.2 Å². The molecule has 0 aliphatic rings. The minimum absolute atomic E-state index is 0.109. The smallest absolute Gasteiger partial charge is 0.275 e. The summed E-state index contributed by atoms with van der Waals surface area (Å²) in [5, 5.41) is 14.0. The van der Waals surface area contributed by atoms with Gasteiger partial charge in [-0.1, -0.05) is 15.9 Å². The number of imidazole rings is 1. The first-order chi connectivity index (χ1) is 9.10. The first-order valence-corrected chi connectivity index (χ1v) is 6.47. The Kier molecular flexibility index (Phi) is 4.28. The summed E-state index contributed by atoms with van der Waals surface area (Å²) in [5.41, 5.74) is 1.67. The van der Waals surface area contributed by atoms with E-state index in [-0.39, 0.29) is 10.6 Å². The van der Waals surface area contributed by atoms with Crippen molar-refractivity contribution in [2.45, 2.75) is 13.1 Å². The maximum absolute atomic E-state index is 11.0. The molecule has 0 aliphatic heterocycles. The number of halogens is 1. The number of nitrogens with one attached hydrogen (secondary N) is 1. The Hall–Kier alpha value is -1.73. The first kappa shape index (κ1) is 13.7. The number of hydrogen-bond acceptors (Lipinski definition) is 4. The van der Waals surface area contributed by atoms with Crippen LogP contribution in [0.2, 0.25) is 0 Å². The minimum atomic E-state index is -0.370. The van der Waals surface area contributed by atoms with Gasteiger partial charge in [-0.15, -0.1) is 0 Å². The van der Waals surface area contributed by atoms with Crippen LogP contribution in [0.5, 0.6) is 0 Å². The Bertz CT molecular complexity index is 597. The molecule has 0 bridgehead atoms. The molecule has 2 aromatic rings. The molecule has 2 rings (SSSR count). The van der Waals surface area contributed by atoms with Crippen LogP contribution in [0.1, 0.15) is 11.3 Å². The third kappa shape index (κ3) is 3.39. The average molecular weight is 325 g/mol. The van der Waals surface area contributed by atoms with Crippen molar-refractivity contribution in [2.75, 3.05) is 7.05 Å². The number of nitro groups is 1. The SMILES string of the molecule is CNCc1cn(Cc2ccc(Br)cc2[N+](=O)[O-])cn1. The highest BCUT2D eigenvalue weighted by Crippen LogP contribution is 2.24. The summed E-state index contributed by atoms with van der Waals surface area (Å²) in [6, 6.07) is 5.06. The molecule has 0 fully saturated rings.